The van der Waals surface area contributed by atoms with Crippen molar-refractivity contribution in [2.45, 2.75) is 63.3 Å². The Bertz CT molecular complexity index is 589. The average molecular weight is 349 g/mol. The second-order valence-electron chi connectivity index (χ2n) is 7.20. The second-order valence-corrected chi connectivity index (χ2v) is 7.20. The van der Waals surface area contributed by atoms with E-state index in [-0.39, 0.29) is 5.69 Å². The van der Waals surface area contributed by atoms with Crippen LogP contribution in [0.25, 0.3) is 0 Å². The molecule has 25 heavy (non-hydrogen) atoms. The fraction of sp³-hybridized carbons (Fsp3) is 0.722. The number of carbonyl (C=O) groups excluding carboxylic acids is 1. The molecule has 1 saturated heterocycles. The molecule has 0 aromatic carbocycles. The highest BCUT2D eigenvalue weighted by atomic mass is 16.5. The van der Waals surface area contributed by atoms with E-state index in [2.05, 4.69) is 15.5 Å². The number of rotatable bonds is 6. The largest absolute Gasteiger partial charge is 0.480 e. The summed E-state index contributed by atoms with van der Waals surface area (Å²) in [7, 11) is 0. The van der Waals surface area contributed by atoms with Crippen molar-refractivity contribution in [3.05, 3.63) is 17.5 Å². The monoisotopic (exact) mass is 349 g/mol. The molecule has 2 fully saturated rings. The molecule has 0 spiro atoms. The number of nitrogens with one attached hydrogen (secondary N) is 2. The Labute approximate surface area is 147 Å². The summed E-state index contributed by atoms with van der Waals surface area (Å²) in [6.45, 7) is 1.43. The van der Waals surface area contributed by atoms with Crippen molar-refractivity contribution in [2.24, 2.45) is 5.92 Å². The SMILES string of the molecule is O=C(NC(CC1CCCCC1)C(=O)O)c1cc(C2CCOCC2)[nH]n1. The van der Waals surface area contributed by atoms with Crippen LogP contribution >= 0.6 is 0 Å². The van der Waals surface area contributed by atoms with Crippen molar-refractivity contribution in [3.63, 3.8) is 0 Å². The Morgan fingerprint density at radius 1 is 1.24 bits per heavy atom. The Balaban J connectivity index is 1.58. The van der Waals surface area contributed by atoms with Gasteiger partial charge in [0.2, 0.25) is 0 Å². The number of hydrogen-bond donors (Lipinski definition) is 3. The lowest BCUT2D eigenvalue weighted by Gasteiger charge is -2.24. The Kier molecular flexibility index (Phi) is 6.07. The maximum atomic E-state index is 12.4. The normalized spacial score (nSPS) is 21.0. The van der Waals surface area contributed by atoms with Crippen LogP contribution in [0.3, 0.4) is 0 Å². The standard InChI is InChI=1S/C18H27N3O4/c22-17(15-11-14(20-21-15)13-6-8-25-9-7-13)19-16(18(23)24)10-12-4-2-1-3-5-12/h11-13,16H,1-10H2,(H,19,22)(H,20,21)(H,23,24). The summed E-state index contributed by atoms with van der Waals surface area (Å²) in [6, 6.07) is 0.893. The molecule has 3 N–H and O–H groups in total. The lowest BCUT2D eigenvalue weighted by molar-refractivity contribution is -0.139. The van der Waals surface area contributed by atoms with Gasteiger partial charge in [0.25, 0.3) is 5.91 Å². The van der Waals surface area contributed by atoms with E-state index in [1.165, 1.54) is 6.42 Å². The van der Waals surface area contributed by atoms with Crippen molar-refractivity contribution in [2.75, 3.05) is 13.2 Å². The lowest BCUT2D eigenvalue weighted by Crippen LogP contribution is -2.42. The van der Waals surface area contributed by atoms with Gasteiger partial charge in [-0.2, -0.15) is 5.10 Å². The molecule has 1 aromatic heterocycles. The first kappa shape index (κ1) is 17.9. The highest BCUT2D eigenvalue weighted by Crippen LogP contribution is 2.28. The van der Waals surface area contributed by atoms with Gasteiger partial charge in [0.15, 0.2) is 0 Å². The van der Waals surface area contributed by atoms with Gasteiger partial charge in [-0.05, 0) is 31.2 Å². The van der Waals surface area contributed by atoms with E-state index in [4.69, 9.17) is 4.74 Å². The highest BCUT2D eigenvalue weighted by molar-refractivity contribution is 5.95. The number of amides is 1. The minimum absolute atomic E-state index is 0.261. The van der Waals surface area contributed by atoms with Crippen LogP contribution in [0, 0.1) is 5.92 Å². The van der Waals surface area contributed by atoms with E-state index in [1.807, 2.05) is 0 Å². The average Bonchev–Trinajstić information content (AvgIpc) is 3.13. The molecule has 0 bridgehead atoms. The minimum Gasteiger partial charge on any atom is -0.480 e. The Morgan fingerprint density at radius 2 is 1.96 bits per heavy atom. The second kappa shape index (κ2) is 8.47. The molecule has 2 heterocycles. The highest BCUT2D eigenvalue weighted by Gasteiger charge is 2.27. The number of aromatic amines is 1. The number of hydrogen-bond acceptors (Lipinski definition) is 4. The summed E-state index contributed by atoms with van der Waals surface area (Å²) < 4.78 is 5.35. The third-order valence-corrected chi connectivity index (χ3v) is 5.39. The molecular formula is C18H27N3O4. The molecule has 2 aliphatic rings. The zero-order chi connectivity index (χ0) is 17.6. The number of carbonyl (C=O) groups is 2. The first-order valence-corrected chi connectivity index (χ1v) is 9.30. The Hall–Kier alpha value is -1.89. The zero-order valence-electron chi connectivity index (χ0n) is 14.5. The van der Waals surface area contributed by atoms with Crippen LogP contribution in [0.5, 0.6) is 0 Å². The molecule has 3 rings (SSSR count). The summed E-state index contributed by atoms with van der Waals surface area (Å²) in [5.74, 6) is -0.690. The van der Waals surface area contributed by atoms with Crippen LogP contribution in [0.1, 0.15) is 73.5 Å². The van der Waals surface area contributed by atoms with Gasteiger partial charge < -0.3 is 15.2 Å². The smallest absolute Gasteiger partial charge is 0.326 e. The fourth-order valence-electron chi connectivity index (χ4n) is 3.88. The number of ether oxygens (including phenoxy) is 1. The molecule has 1 amide bonds. The van der Waals surface area contributed by atoms with Crippen molar-refractivity contribution in [1.82, 2.24) is 15.5 Å². The van der Waals surface area contributed by atoms with Crippen molar-refractivity contribution in [3.8, 4) is 0 Å². The van der Waals surface area contributed by atoms with Gasteiger partial charge >= 0.3 is 5.97 Å². The molecule has 1 unspecified atom stereocenters. The van der Waals surface area contributed by atoms with Gasteiger partial charge in [0.1, 0.15) is 11.7 Å². The number of H-pyrrole nitrogens is 1. The van der Waals surface area contributed by atoms with Gasteiger partial charge in [-0.3, -0.25) is 9.89 Å². The summed E-state index contributed by atoms with van der Waals surface area (Å²) in [4.78, 5) is 24.0. The van der Waals surface area contributed by atoms with Crippen molar-refractivity contribution >= 4 is 11.9 Å². The lowest BCUT2D eigenvalue weighted by atomic mass is 9.85. The van der Waals surface area contributed by atoms with Gasteiger partial charge in [-0.1, -0.05) is 32.1 Å². The zero-order valence-corrected chi connectivity index (χ0v) is 14.5. The number of carboxylic acid groups (broad SMARTS) is 1. The van der Waals surface area contributed by atoms with Gasteiger partial charge in [-0.25, -0.2) is 4.79 Å². The van der Waals surface area contributed by atoms with Crippen LogP contribution in [-0.2, 0) is 9.53 Å². The van der Waals surface area contributed by atoms with Crippen LogP contribution < -0.4 is 5.32 Å². The predicted octanol–water partition coefficient (Wildman–Crippen LogP) is 2.46. The van der Waals surface area contributed by atoms with E-state index >= 15 is 0 Å². The number of aromatic nitrogens is 2. The van der Waals surface area contributed by atoms with Crippen molar-refractivity contribution < 1.29 is 19.4 Å². The third-order valence-electron chi connectivity index (χ3n) is 5.39. The van der Waals surface area contributed by atoms with E-state index in [1.54, 1.807) is 6.07 Å². The van der Waals surface area contributed by atoms with E-state index < -0.39 is 17.9 Å². The van der Waals surface area contributed by atoms with Crippen LogP contribution in [0.2, 0.25) is 0 Å². The fourth-order valence-corrected chi connectivity index (χ4v) is 3.88. The van der Waals surface area contributed by atoms with E-state index in [9.17, 15) is 14.7 Å². The first-order valence-electron chi connectivity index (χ1n) is 9.30. The van der Waals surface area contributed by atoms with E-state index in [0.29, 0.717) is 31.5 Å². The van der Waals surface area contributed by atoms with Gasteiger partial charge in [0.05, 0.1) is 0 Å². The molecule has 1 aromatic rings. The molecule has 138 valence electrons. The molecule has 1 aliphatic heterocycles. The third kappa shape index (κ3) is 4.81. The minimum atomic E-state index is -0.973. The maximum Gasteiger partial charge on any atom is 0.326 e. The molecule has 1 atom stereocenters. The molecule has 1 aliphatic carbocycles. The number of nitrogens with zero attached hydrogens (tertiary/aromatic N) is 1. The quantitative estimate of drug-likeness (QED) is 0.732. The van der Waals surface area contributed by atoms with Crippen LogP contribution in [0.15, 0.2) is 6.07 Å². The summed E-state index contributed by atoms with van der Waals surface area (Å²) in [5.41, 5.74) is 1.18. The molecule has 0 radical (unpaired) electrons. The van der Waals surface area contributed by atoms with Gasteiger partial charge in [0, 0.05) is 24.8 Å². The summed E-state index contributed by atoms with van der Waals surface area (Å²) in [6.07, 6.45) is 7.94. The number of aliphatic carboxylic acids is 1. The summed E-state index contributed by atoms with van der Waals surface area (Å²) in [5, 5.41) is 19.1. The molecular weight excluding hydrogens is 322 g/mol. The topological polar surface area (TPSA) is 104 Å². The van der Waals surface area contributed by atoms with Crippen LogP contribution in [-0.4, -0.2) is 46.4 Å². The van der Waals surface area contributed by atoms with Gasteiger partial charge in [-0.15, -0.1) is 0 Å². The molecule has 7 nitrogen and oxygen atoms in total. The van der Waals surface area contributed by atoms with Crippen LogP contribution in [0.4, 0.5) is 0 Å². The summed E-state index contributed by atoms with van der Waals surface area (Å²) >= 11 is 0. The molecule has 1 saturated carbocycles. The predicted molar refractivity (Wildman–Crippen MR) is 91.5 cm³/mol. The Morgan fingerprint density at radius 3 is 2.64 bits per heavy atom. The first-order chi connectivity index (χ1) is 12.1. The van der Waals surface area contributed by atoms with Crippen molar-refractivity contribution in [1.29, 1.82) is 0 Å². The molecule has 7 heteroatoms. The maximum absolute atomic E-state index is 12.4. The van der Waals surface area contributed by atoms with E-state index in [0.717, 1.165) is 44.2 Å². The number of carboxylic acids is 1.